The smallest absolute Gasteiger partial charge is 0.225 e. The predicted octanol–water partition coefficient (Wildman–Crippen LogP) is 3.47. The first-order valence-corrected chi connectivity index (χ1v) is 8.07. The van der Waals surface area contributed by atoms with Crippen LogP contribution in [0.1, 0.15) is 22.0 Å². The number of amides is 1. The Morgan fingerprint density at radius 2 is 2.16 bits per heavy atom. The molecule has 98 valence electrons. The molecular weight excluding hydrogens is 322 g/mol. The van der Waals surface area contributed by atoms with Crippen molar-refractivity contribution < 1.29 is 4.79 Å². The van der Waals surface area contributed by atoms with E-state index >= 15 is 0 Å². The van der Waals surface area contributed by atoms with Crippen molar-refractivity contribution in [2.24, 2.45) is 0 Å². The highest BCUT2D eigenvalue weighted by atomic mass is 79.9. The van der Waals surface area contributed by atoms with Crippen LogP contribution in [0.2, 0.25) is 0 Å². The molecule has 0 saturated carbocycles. The Morgan fingerprint density at radius 3 is 2.95 bits per heavy atom. The number of thiophene rings is 1. The zero-order chi connectivity index (χ0) is 13.2. The number of carbonyl (C=O) groups is 1. The third-order valence-corrected chi connectivity index (χ3v) is 5.13. The monoisotopic (exact) mass is 335 g/mol. The summed E-state index contributed by atoms with van der Waals surface area (Å²) in [7, 11) is 0. The molecule has 2 atom stereocenters. The molecule has 0 saturated heterocycles. The van der Waals surface area contributed by atoms with Gasteiger partial charge in [0.1, 0.15) is 0 Å². The standard InChI is InChI=1S/C15H14BrNOS/c16-13-8-10-4-1-2-6-12(10)15(13)17-14(18)9-11-5-3-7-19-11/h1-7,13,15H,8-9H2,(H,17,18). The summed E-state index contributed by atoms with van der Waals surface area (Å²) in [5.41, 5.74) is 2.56. The van der Waals surface area contributed by atoms with Crippen molar-refractivity contribution in [2.45, 2.75) is 23.7 Å². The van der Waals surface area contributed by atoms with Gasteiger partial charge in [-0.15, -0.1) is 11.3 Å². The second kappa shape index (κ2) is 5.47. The first-order valence-electron chi connectivity index (χ1n) is 6.27. The largest absolute Gasteiger partial charge is 0.348 e. The van der Waals surface area contributed by atoms with E-state index in [1.54, 1.807) is 11.3 Å². The molecule has 2 aromatic rings. The molecule has 2 nitrogen and oxygen atoms in total. The first-order chi connectivity index (χ1) is 9.24. The van der Waals surface area contributed by atoms with Gasteiger partial charge in [-0.25, -0.2) is 0 Å². The van der Waals surface area contributed by atoms with Gasteiger partial charge in [-0.1, -0.05) is 46.3 Å². The average molecular weight is 336 g/mol. The lowest BCUT2D eigenvalue weighted by Crippen LogP contribution is -2.32. The molecule has 1 amide bonds. The summed E-state index contributed by atoms with van der Waals surface area (Å²) >= 11 is 5.30. The van der Waals surface area contributed by atoms with E-state index in [-0.39, 0.29) is 16.8 Å². The first kappa shape index (κ1) is 12.9. The van der Waals surface area contributed by atoms with Crippen LogP contribution in [0, 0.1) is 0 Å². The maximum Gasteiger partial charge on any atom is 0.225 e. The van der Waals surface area contributed by atoms with E-state index in [9.17, 15) is 4.79 Å². The van der Waals surface area contributed by atoms with Crippen molar-refractivity contribution in [3.63, 3.8) is 0 Å². The third-order valence-electron chi connectivity index (χ3n) is 3.40. The molecule has 19 heavy (non-hydrogen) atoms. The van der Waals surface area contributed by atoms with Crippen LogP contribution in [0.15, 0.2) is 41.8 Å². The Bertz CT molecular complexity index is 582. The molecular formula is C15H14BrNOS. The van der Waals surface area contributed by atoms with Gasteiger partial charge in [0.25, 0.3) is 0 Å². The van der Waals surface area contributed by atoms with Crippen molar-refractivity contribution in [3.05, 3.63) is 57.8 Å². The number of carbonyl (C=O) groups excluding carboxylic acids is 1. The van der Waals surface area contributed by atoms with Crippen molar-refractivity contribution in [1.82, 2.24) is 5.32 Å². The number of fused-ring (bicyclic) bond motifs is 1. The lowest BCUT2D eigenvalue weighted by atomic mass is 10.1. The minimum absolute atomic E-state index is 0.0867. The molecule has 1 N–H and O–H groups in total. The van der Waals surface area contributed by atoms with Gasteiger partial charge in [-0.2, -0.15) is 0 Å². The molecule has 0 bridgehead atoms. The van der Waals surface area contributed by atoms with Crippen LogP contribution in [-0.2, 0) is 17.6 Å². The maximum atomic E-state index is 12.1. The van der Waals surface area contributed by atoms with Gasteiger partial charge in [0.05, 0.1) is 12.5 Å². The zero-order valence-electron chi connectivity index (χ0n) is 10.3. The number of hydrogen-bond donors (Lipinski definition) is 1. The summed E-state index contributed by atoms with van der Waals surface area (Å²) < 4.78 is 0. The fourth-order valence-corrected chi connectivity index (χ4v) is 3.98. The van der Waals surface area contributed by atoms with Crippen LogP contribution < -0.4 is 5.32 Å². The Hall–Kier alpha value is -1.13. The van der Waals surface area contributed by atoms with Gasteiger partial charge in [0.15, 0.2) is 0 Å². The number of halogens is 1. The topological polar surface area (TPSA) is 29.1 Å². The zero-order valence-corrected chi connectivity index (χ0v) is 12.7. The predicted molar refractivity (Wildman–Crippen MR) is 81.8 cm³/mol. The summed E-state index contributed by atoms with van der Waals surface area (Å²) in [6.45, 7) is 0. The number of benzene rings is 1. The Balaban J connectivity index is 1.71. The highest BCUT2D eigenvalue weighted by Crippen LogP contribution is 2.35. The van der Waals surface area contributed by atoms with Gasteiger partial charge in [-0.3, -0.25) is 4.79 Å². The Kier molecular flexibility index (Phi) is 3.71. The molecule has 0 radical (unpaired) electrons. The van der Waals surface area contributed by atoms with Gasteiger partial charge < -0.3 is 5.32 Å². The van der Waals surface area contributed by atoms with E-state index in [2.05, 4.69) is 39.4 Å². The molecule has 1 aromatic heterocycles. The lowest BCUT2D eigenvalue weighted by Gasteiger charge is -2.17. The molecule has 3 rings (SSSR count). The van der Waals surface area contributed by atoms with Crippen LogP contribution in [-0.4, -0.2) is 10.7 Å². The van der Waals surface area contributed by atoms with Crippen molar-refractivity contribution in [3.8, 4) is 0 Å². The Morgan fingerprint density at radius 1 is 1.32 bits per heavy atom. The number of alkyl halides is 1. The molecule has 2 unspecified atom stereocenters. The number of rotatable bonds is 3. The van der Waals surface area contributed by atoms with E-state index < -0.39 is 0 Å². The van der Waals surface area contributed by atoms with Gasteiger partial charge in [-0.05, 0) is 29.0 Å². The molecule has 1 aliphatic rings. The Labute approximate surface area is 125 Å². The van der Waals surface area contributed by atoms with Crippen molar-refractivity contribution in [2.75, 3.05) is 0 Å². The molecule has 0 aliphatic heterocycles. The normalized spacial score (nSPS) is 21.1. The minimum atomic E-state index is 0.0867. The molecule has 0 fully saturated rings. The summed E-state index contributed by atoms with van der Waals surface area (Å²) in [4.78, 5) is 13.5. The van der Waals surface area contributed by atoms with Crippen LogP contribution in [0.25, 0.3) is 0 Å². The molecule has 1 aliphatic carbocycles. The summed E-state index contributed by atoms with van der Waals surface area (Å²) in [6, 6.07) is 12.4. The summed E-state index contributed by atoms with van der Waals surface area (Å²) in [6.07, 6.45) is 1.44. The van der Waals surface area contributed by atoms with E-state index in [4.69, 9.17) is 0 Å². The SMILES string of the molecule is O=C(Cc1cccs1)NC1c2ccccc2CC1Br. The molecule has 1 heterocycles. The molecule has 0 spiro atoms. The maximum absolute atomic E-state index is 12.1. The van der Waals surface area contributed by atoms with Gasteiger partial charge >= 0.3 is 0 Å². The van der Waals surface area contributed by atoms with E-state index in [1.807, 2.05) is 23.6 Å². The summed E-state index contributed by atoms with van der Waals surface area (Å²) in [5, 5.41) is 5.14. The second-order valence-electron chi connectivity index (χ2n) is 4.72. The average Bonchev–Trinajstić information content (AvgIpc) is 2.99. The molecule has 1 aromatic carbocycles. The van der Waals surface area contributed by atoms with Crippen LogP contribution in [0.4, 0.5) is 0 Å². The highest BCUT2D eigenvalue weighted by molar-refractivity contribution is 9.09. The van der Waals surface area contributed by atoms with Gasteiger partial charge in [0.2, 0.25) is 5.91 Å². The van der Waals surface area contributed by atoms with Crippen LogP contribution >= 0.6 is 27.3 Å². The van der Waals surface area contributed by atoms with E-state index in [0.29, 0.717) is 6.42 Å². The third kappa shape index (κ3) is 2.74. The number of hydrogen-bond acceptors (Lipinski definition) is 2. The van der Waals surface area contributed by atoms with Crippen LogP contribution in [0.5, 0.6) is 0 Å². The van der Waals surface area contributed by atoms with E-state index in [1.165, 1.54) is 11.1 Å². The quantitative estimate of drug-likeness (QED) is 0.855. The summed E-state index contributed by atoms with van der Waals surface area (Å²) in [5.74, 6) is 0.0913. The second-order valence-corrected chi connectivity index (χ2v) is 6.93. The molecule has 4 heteroatoms. The number of nitrogens with one attached hydrogen (secondary N) is 1. The lowest BCUT2D eigenvalue weighted by molar-refractivity contribution is -0.121. The van der Waals surface area contributed by atoms with Crippen molar-refractivity contribution >= 4 is 33.2 Å². The van der Waals surface area contributed by atoms with Gasteiger partial charge in [0, 0.05) is 9.70 Å². The van der Waals surface area contributed by atoms with Crippen molar-refractivity contribution in [1.29, 1.82) is 0 Å². The highest BCUT2D eigenvalue weighted by Gasteiger charge is 2.31. The fraction of sp³-hybridized carbons (Fsp3) is 0.267. The van der Waals surface area contributed by atoms with E-state index in [0.717, 1.165) is 11.3 Å². The minimum Gasteiger partial charge on any atom is -0.348 e. The fourth-order valence-electron chi connectivity index (χ4n) is 2.51. The van der Waals surface area contributed by atoms with Crippen LogP contribution in [0.3, 0.4) is 0 Å².